The summed E-state index contributed by atoms with van der Waals surface area (Å²) >= 11 is 0. The summed E-state index contributed by atoms with van der Waals surface area (Å²) in [4.78, 5) is 0. The van der Waals surface area contributed by atoms with E-state index in [9.17, 15) is 0 Å². The van der Waals surface area contributed by atoms with Crippen LogP contribution in [0, 0.1) is 5.92 Å². The molecule has 0 N–H and O–H groups in total. The highest BCUT2D eigenvalue weighted by Gasteiger charge is 2.02. The van der Waals surface area contributed by atoms with Gasteiger partial charge < -0.3 is 0 Å². The molecule has 1 unspecified atom stereocenters. The maximum atomic E-state index is 3.59. The van der Waals surface area contributed by atoms with Gasteiger partial charge in [0, 0.05) is 0 Å². The van der Waals surface area contributed by atoms with Crippen LogP contribution in [0.1, 0.15) is 66.7 Å². The average molecular weight is 194 g/mol. The Kier molecular flexibility index (Phi) is 7.61. The molecule has 0 spiro atoms. The van der Waals surface area contributed by atoms with E-state index in [0.717, 1.165) is 6.42 Å². The van der Waals surface area contributed by atoms with Crippen molar-refractivity contribution in [2.24, 2.45) is 5.92 Å². The molecule has 0 aliphatic heterocycles. The van der Waals surface area contributed by atoms with Gasteiger partial charge in [0.1, 0.15) is 0 Å². The van der Waals surface area contributed by atoms with E-state index in [1.54, 1.807) is 0 Å². The predicted molar refractivity (Wildman–Crippen MR) is 65.5 cm³/mol. The first-order valence-electron chi connectivity index (χ1n) is 6.10. The molecule has 0 amide bonds. The van der Waals surface area contributed by atoms with Crippen LogP contribution in [0.5, 0.6) is 0 Å². The quantitative estimate of drug-likeness (QED) is 0.516. The van der Waals surface area contributed by atoms with Crippen molar-refractivity contribution in [2.45, 2.75) is 66.7 Å². The number of hydrogen-bond donors (Lipinski definition) is 0. The fourth-order valence-electron chi connectivity index (χ4n) is 1.68. The molecule has 0 bridgehead atoms. The molecule has 0 heteroatoms. The molecule has 0 aromatic rings. The van der Waals surface area contributed by atoms with Gasteiger partial charge in [0.25, 0.3) is 0 Å². The Morgan fingerprint density at radius 2 is 1.79 bits per heavy atom. The second-order valence-electron chi connectivity index (χ2n) is 4.20. The van der Waals surface area contributed by atoms with E-state index in [0.29, 0.717) is 5.92 Å². The Hall–Kier alpha value is -0.480. The largest absolute Gasteiger partial charge is 0.123 e. The molecule has 0 aliphatic rings. The van der Waals surface area contributed by atoms with Gasteiger partial charge in [0.15, 0.2) is 0 Å². The fourth-order valence-corrected chi connectivity index (χ4v) is 1.68. The monoisotopic (exact) mass is 194 g/mol. The van der Waals surface area contributed by atoms with E-state index >= 15 is 0 Å². The highest BCUT2D eigenvalue weighted by Crippen LogP contribution is 2.17. The summed E-state index contributed by atoms with van der Waals surface area (Å²) in [5.41, 5.74) is 6.52. The van der Waals surface area contributed by atoms with Gasteiger partial charge in [-0.1, -0.05) is 40.5 Å². The summed E-state index contributed by atoms with van der Waals surface area (Å²) in [6, 6.07) is 0. The average Bonchev–Trinajstić information content (AvgIpc) is 2.17. The molecule has 0 fully saturated rings. The van der Waals surface area contributed by atoms with Crippen molar-refractivity contribution < 1.29 is 0 Å². The van der Waals surface area contributed by atoms with Gasteiger partial charge in [0.2, 0.25) is 0 Å². The molecule has 14 heavy (non-hydrogen) atoms. The Balaban J connectivity index is 4.55. The van der Waals surface area contributed by atoms with Crippen molar-refractivity contribution >= 4 is 0 Å². The minimum atomic E-state index is 0.707. The summed E-state index contributed by atoms with van der Waals surface area (Å²) in [7, 11) is 0. The molecule has 0 saturated carbocycles. The summed E-state index contributed by atoms with van der Waals surface area (Å²) < 4.78 is 0. The first kappa shape index (κ1) is 13.5. The third-order valence-electron chi connectivity index (χ3n) is 2.81. The Morgan fingerprint density at radius 1 is 1.14 bits per heavy atom. The fraction of sp³-hybridized carbons (Fsp3) is 0.786. The van der Waals surface area contributed by atoms with Crippen LogP contribution in [-0.4, -0.2) is 0 Å². The van der Waals surface area contributed by atoms with Crippen molar-refractivity contribution in [2.75, 3.05) is 0 Å². The van der Waals surface area contributed by atoms with Crippen LogP contribution in [0.15, 0.2) is 16.9 Å². The molecule has 82 valence electrons. The maximum absolute atomic E-state index is 3.59. The molecule has 0 nitrogen and oxygen atoms in total. The van der Waals surface area contributed by atoms with Crippen molar-refractivity contribution in [1.29, 1.82) is 0 Å². The lowest BCUT2D eigenvalue weighted by Gasteiger charge is -2.08. The second-order valence-corrected chi connectivity index (χ2v) is 4.20. The van der Waals surface area contributed by atoms with Crippen molar-refractivity contribution in [3.8, 4) is 0 Å². The van der Waals surface area contributed by atoms with Gasteiger partial charge in [0.05, 0.1) is 0 Å². The standard InChI is InChI=1S/C14H26/c1-6-9-12(4)13(5)11-14(8-3)10-7-2/h12H,6-10H2,1-5H3. The summed E-state index contributed by atoms with van der Waals surface area (Å²) in [5.74, 6) is 0.707. The summed E-state index contributed by atoms with van der Waals surface area (Å²) in [6.07, 6.45) is 6.18. The molecule has 1 atom stereocenters. The molecule has 0 rings (SSSR count). The van der Waals surface area contributed by atoms with Gasteiger partial charge in [-0.05, 0) is 43.3 Å². The van der Waals surface area contributed by atoms with Gasteiger partial charge in [-0.2, -0.15) is 0 Å². The minimum absolute atomic E-state index is 0.707. The zero-order valence-electron chi connectivity index (χ0n) is 10.6. The van der Waals surface area contributed by atoms with Crippen molar-refractivity contribution in [3.05, 3.63) is 16.9 Å². The first-order chi connectivity index (χ1) is 6.65. The van der Waals surface area contributed by atoms with Crippen LogP contribution in [0.2, 0.25) is 0 Å². The molecule has 0 aromatic heterocycles. The molecular weight excluding hydrogens is 168 g/mol. The van der Waals surface area contributed by atoms with Crippen LogP contribution < -0.4 is 0 Å². The van der Waals surface area contributed by atoms with E-state index in [-0.39, 0.29) is 0 Å². The van der Waals surface area contributed by atoms with E-state index in [2.05, 4.69) is 40.3 Å². The Labute approximate surface area is 90.1 Å². The van der Waals surface area contributed by atoms with E-state index in [1.807, 2.05) is 0 Å². The summed E-state index contributed by atoms with van der Waals surface area (Å²) in [5, 5.41) is 0. The molecule has 0 aliphatic carbocycles. The lowest BCUT2D eigenvalue weighted by molar-refractivity contribution is 0.602. The number of hydrogen-bond acceptors (Lipinski definition) is 0. The molecule has 0 aromatic carbocycles. The lowest BCUT2D eigenvalue weighted by Crippen LogP contribution is -1.94. The normalized spacial score (nSPS) is 12.1. The molecular formula is C14H26. The van der Waals surface area contributed by atoms with Crippen molar-refractivity contribution in [1.82, 2.24) is 0 Å². The number of rotatable bonds is 6. The second kappa shape index (κ2) is 7.88. The molecule has 0 saturated heterocycles. The number of allylic oxidation sites excluding steroid dienone is 1. The topological polar surface area (TPSA) is 0 Å². The molecule has 0 heterocycles. The van der Waals surface area contributed by atoms with Gasteiger partial charge in [-0.15, -0.1) is 5.73 Å². The van der Waals surface area contributed by atoms with Crippen LogP contribution >= 0.6 is 0 Å². The van der Waals surface area contributed by atoms with Crippen LogP contribution in [0.25, 0.3) is 0 Å². The highest BCUT2D eigenvalue weighted by molar-refractivity contribution is 5.09. The predicted octanol–water partition coefficient (Wildman–Crippen LogP) is 5.10. The lowest BCUT2D eigenvalue weighted by atomic mass is 9.97. The van der Waals surface area contributed by atoms with Crippen LogP contribution in [0.3, 0.4) is 0 Å². The first-order valence-corrected chi connectivity index (χ1v) is 6.10. The van der Waals surface area contributed by atoms with Gasteiger partial charge in [-0.25, -0.2) is 0 Å². The highest BCUT2D eigenvalue weighted by atomic mass is 14.1. The smallest absolute Gasteiger partial charge is 0.0158 e. The zero-order chi connectivity index (χ0) is 11.0. The van der Waals surface area contributed by atoms with E-state index in [1.165, 1.54) is 36.8 Å². The SMILES string of the molecule is CCCC(=C=C(C)C(C)CCC)CC. The van der Waals surface area contributed by atoms with Crippen molar-refractivity contribution in [3.63, 3.8) is 0 Å². The minimum Gasteiger partial charge on any atom is -0.123 e. The zero-order valence-corrected chi connectivity index (χ0v) is 10.6. The van der Waals surface area contributed by atoms with Gasteiger partial charge >= 0.3 is 0 Å². The Morgan fingerprint density at radius 3 is 2.21 bits per heavy atom. The third kappa shape index (κ3) is 5.29. The van der Waals surface area contributed by atoms with Crippen LogP contribution in [-0.2, 0) is 0 Å². The summed E-state index contributed by atoms with van der Waals surface area (Å²) in [6.45, 7) is 11.3. The molecule has 0 radical (unpaired) electrons. The van der Waals surface area contributed by atoms with E-state index in [4.69, 9.17) is 0 Å². The Bertz CT molecular complexity index is 204. The maximum Gasteiger partial charge on any atom is -0.0158 e. The van der Waals surface area contributed by atoms with Crippen LogP contribution in [0.4, 0.5) is 0 Å². The van der Waals surface area contributed by atoms with E-state index < -0.39 is 0 Å². The third-order valence-corrected chi connectivity index (χ3v) is 2.81. The van der Waals surface area contributed by atoms with Gasteiger partial charge in [-0.3, -0.25) is 0 Å².